The summed E-state index contributed by atoms with van der Waals surface area (Å²) in [6, 6.07) is 1.27. The van der Waals surface area contributed by atoms with Crippen LogP contribution in [0.5, 0.6) is 11.5 Å². The summed E-state index contributed by atoms with van der Waals surface area (Å²) in [5.41, 5.74) is -0.157. The molecule has 0 aliphatic heterocycles. The molecular weight excluding hydrogens is 276 g/mol. The van der Waals surface area contributed by atoms with E-state index in [2.05, 4.69) is 0 Å². The molecule has 1 N–H and O–H groups in total. The van der Waals surface area contributed by atoms with Gasteiger partial charge in [0.25, 0.3) is 0 Å². The number of phenolic OH excluding ortho intramolecular Hbond substituents is 1. The molecule has 21 heavy (non-hydrogen) atoms. The van der Waals surface area contributed by atoms with Gasteiger partial charge in [0.15, 0.2) is 11.9 Å². The second kappa shape index (κ2) is 5.40. The van der Waals surface area contributed by atoms with Gasteiger partial charge in [0.05, 0.1) is 18.1 Å². The monoisotopic (exact) mass is 290 g/mol. The third-order valence-corrected chi connectivity index (χ3v) is 3.29. The lowest BCUT2D eigenvalue weighted by molar-refractivity contribution is -0.116. The molecule has 110 valence electrons. The van der Waals surface area contributed by atoms with Crippen LogP contribution in [0.3, 0.4) is 0 Å². The Kier molecular flexibility index (Phi) is 3.80. The molecule has 0 saturated carbocycles. The highest BCUT2D eigenvalue weighted by Gasteiger charge is 2.21. The number of ether oxygens (including phenoxy) is 1. The van der Waals surface area contributed by atoms with Gasteiger partial charge in [-0.1, -0.05) is 0 Å². The Balaban J connectivity index is 2.98. The van der Waals surface area contributed by atoms with E-state index in [0.29, 0.717) is 17.2 Å². The second-order valence-corrected chi connectivity index (χ2v) is 4.71. The number of aromatic hydroxyl groups is 1. The molecule has 0 saturated heterocycles. The predicted octanol–water partition coefficient (Wildman–Crippen LogP) is 1.76. The van der Waals surface area contributed by atoms with Gasteiger partial charge in [0.1, 0.15) is 17.3 Å². The smallest absolute Gasteiger partial charge is 0.340 e. The molecule has 1 heterocycles. The zero-order valence-electron chi connectivity index (χ0n) is 11.9. The normalized spacial score (nSPS) is 10.6. The van der Waals surface area contributed by atoms with Crippen LogP contribution in [-0.2, 0) is 11.2 Å². The molecule has 2 rings (SSSR count). The van der Waals surface area contributed by atoms with E-state index < -0.39 is 5.63 Å². The minimum atomic E-state index is -0.703. The van der Waals surface area contributed by atoms with E-state index in [-0.39, 0.29) is 40.4 Å². The third kappa shape index (κ3) is 2.40. The Bertz CT molecular complexity index is 800. The van der Waals surface area contributed by atoms with Crippen molar-refractivity contribution in [1.82, 2.24) is 0 Å². The van der Waals surface area contributed by atoms with E-state index in [1.54, 1.807) is 6.92 Å². The maximum atomic E-state index is 12.0. The average molecular weight is 290 g/mol. The van der Waals surface area contributed by atoms with Crippen molar-refractivity contribution in [3.8, 4) is 11.5 Å². The summed E-state index contributed by atoms with van der Waals surface area (Å²) in [5.74, 6) is -0.256. The van der Waals surface area contributed by atoms with E-state index in [4.69, 9.17) is 9.15 Å². The number of aryl methyl sites for hydroxylation is 1. The molecule has 0 aliphatic carbocycles. The molecule has 0 unspecified atom stereocenters. The minimum Gasteiger partial charge on any atom is -0.507 e. The highest BCUT2D eigenvalue weighted by molar-refractivity contribution is 6.02. The van der Waals surface area contributed by atoms with Crippen LogP contribution in [0.25, 0.3) is 11.0 Å². The molecule has 0 aliphatic rings. The maximum Gasteiger partial charge on any atom is 0.340 e. The van der Waals surface area contributed by atoms with Crippen molar-refractivity contribution in [2.24, 2.45) is 0 Å². The van der Waals surface area contributed by atoms with E-state index >= 15 is 0 Å². The summed E-state index contributed by atoms with van der Waals surface area (Å²) in [5, 5.41) is 10.2. The second-order valence-electron chi connectivity index (χ2n) is 4.71. The van der Waals surface area contributed by atoms with Crippen molar-refractivity contribution >= 4 is 23.0 Å². The number of fused-ring (bicyclic) bond motifs is 1. The van der Waals surface area contributed by atoms with Crippen molar-refractivity contribution in [3.05, 3.63) is 33.2 Å². The van der Waals surface area contributed by atoms with Crippen LogP contribution in [0, 0.1) is 6.92 Å². The molecule has 2 aromatic rings. The maximum absolute atomic E-state index is 12.0. The molecule has 1 aromatic heterocycles. The summed E-state index contributed by atoms with van der Waals surface area (Å²) in [4.78, 5) is 34.4. The zero-order valence-corrected chi connectivity index (χ0v) is 11.9. The van der Waals surface area contributed by atoms with Gasteiger partial charge in [0.2, 0.25) is 0 Å². The number of rotatable bonds is 4. The van der Waals surface area contributed by atoms with E-state index in [1.807, 2.05) is 0 Å². The molecular formula is C15H14O6. The van der Waals surface area contributed by atoms with Crippen molar-refractivity contribution in [2.45, 2.75) is 20.3 Å². The van der Waals surface area contributed by atoms with Crippen molar-refractivity contribution in [1.29, 1.82) is 0 Å². The first kappa shape index (κ1) is 14.8. The Morgan fingerprint density at radius 1 is 1.48 bits per heavy atom. The minimum absolute atomic E-state index is 0.0448. The summed E-state index contributed by atoms with van der Waals surface area (Å²) in [6.45, 7) is 3.01. The number of hydrogen-bond acceptors (Lipinski definition) is 6. The molecule has 0 atom stereocenters. The first-order chi connectivity index (χ1) is 9.90. The molecule has 0 spiro atoms. The van der Waals surface area contributed by atoms with E-state index in [1.165, 1.54) is 20.1 Å². The molecule has 0 radical (unpaired) electrons. The van der Waals surface area contributed by atoms with Crippen molar-refractivity contribution in [3.63, 3.8) is 0 Å². The molecule has 6 nitrogen and oxygen atoms in total. The van der Waals surface area contributed by atoms with Gasteiger partial charge in [-0.2, -0.15) is 0 Å². The zero-order chi connectivity index (χ0) is 15.7. The number of carbonyl (C=O) groups is 2. The van der Waals surface area contributed by atoms with Gasteiger partial charge in [-0.15, -0.1) is 0 Å². The van der Waals surface area contributed by atoms with Gasteiger partial charge < -0.3 is 14.3 Å². The van der Waals surface area contributed by atoms with Gasteiger partial charge in [-0.3, -0.25) is 9.59 Å². The summed E-state index contributed by atoms with van der Waals surface area (Å²) in [6.07, 6.45) is 0.342. The largest absolute Gasteiger partial charge is 0.507 e. The van der Waals surface area contributed by atoms with Crippen LogP contribution in [0.15, 0.2) is 15.3 Å². The molecule has 1 aromatic carbocycles. The summed E-state index contributed by atoms with van der Waals surface area (Å²) in [7, 11) is 1.39. The van der Waals surface area contributed by atoms with Crippen LogP contribution in [0.1, 0.15) is 28.4 Å². The van der Waals surface area contributed by atoms with Crippen molar-refractivity contribution in [2.75, 3.05) is 7.11 Å². The van der Waals surface area contributed by atoms with Crippen molar-refractivity contribution < 1.29 is 23.8 Å². The van der Waals surface area contributed by atoms with Crippen LogP contribution in [0.4, 0.5) is 0 Å². The number of phenols is 1. The lowest BCUT2D eigenvalue weighted by Gasteiger charge is -2.12. The molecule has 0 amide bonds. The van der Waals surface area contributed by atoms with Crippen LogP contribution in [0.2, 0.25) is 0 Å². The molecule has 0 bridgehead atoms. The van der Waals surface area contributed by atoms with E-state index in [0.717, 1.165) is 0 Å². The number of methoxy groups -OCH3 is 1. The number of hydrogen-bond donors (Lipinski definition) is 1. The SMILES string of the molecule is COc1cc(O)c(C=O)c2oc(=O)c(CC(C)=O)c(C)c12. The standard InChI is InChI=1S/C15H14O6/c1-7(17)4-9-8(2)13-12(20-3)5-11(18)10(6-16)14(13)21-15(9)19/h5-6,18H,4H2,1-3H3. The quantitative estimate of drug-likeness (QED) is 0.681. The summed E-state index contributed by atoms with van der Waals surface area (Å²) >= 11 is 0. The number of carbonyl (C=O) groups excluding carboxylic acids is 2. The Morgan fingerprint density at radius 3 is 2.67 bits per heavy atom. The van der Waals surface area contributed by atoms with Gasteiger partial charge in [-0.25, -0.2) is 4.79 Å². The van der Waals surface area contributed by atoms with Gasteiger partial charge in [0, 0.05) is 18.1 Å². The van der Waals surface area contributed by atoms with E-state index in [9.17, 15) is 19.5 Å². The first-order valence-electron chi connectivity index (χ1n) is 6.21. The Morgan fingerprint density at radius 2 is 2.14 bits per heavy atom. The van der Waals surface area contributed by atoms with Crippen LogP contribution < -0.4 is 10.4 Å². The summed E-state index contributed by atoms with van der Waals surface area (Å²) < 4.78 is 10.3. The Labute approximate surface area is 119 Å². The highest BCUT2D eigenvalue weighted by Crippen LogP contribution is 2.36. The number of benzene rings is 1. The van der Waals surface area contributed by atoms with Gasteiger partial charge >= 0.3 is 5.63 Å². The number of aldehydes is 1. The fourth-order valence-electron chi connectivity index (χ4n) is 2.28. The highest BCUT2D eigenvalue weighted by atomic mass is 16.5. The topological polar surface area (TPSA) is 93.8 Å². The fourth-order valence-corrected chi connectivity index (χ4v) is 2.28. The number of Topliss-reactive ketones (excluding diaryl/α,β-unsaturated/α-hetero) is 1. The molecule has 0 fully saturated rings. The predicted molar refractivity (Wildman–Crippen MR) is 75.2 cm³/mol. The fraction of sp³-hybridized carbons (Fsp3) is 0.267. The lowest BCUT2D eigenvalue weighted by atomic mass is 9.99. The number of ketones is 1. The third-order valence-electron chi connectivity index (χ3n) is 3.29. The van der Waals surface area contributed by atoms with Gasteiger partial charge in [-0.05, 0) is 19.4 Å². The average Bonchev–Trinajstić information content (AvgIpc) is 2.42. The Hall–Kier alpha value is -2.63. The van der Waals surface area contributed by atoms with Crippen LogP contribution >= 0.6 is 0 Å². The lowest BCUT2D eigenvalue weighted by Crippen LogP contribution is -2.14. The van der Waals surface area contributed by atoms with Crippen LogP contribution in [-0.4, -0.2) is 24.3 Å². The first-order valence-corrected chi connectivity index (χ1v) is 6.21. The molecule has 6 heteroatoms.